The van der Waals surface area contributed by atoms with E-state index < -0.39 is 0 Å². The molecule has 19 heavy (non-hydrogen) atoms. The lowest BCUT2D eigenvalue weighted by Gasteiger charge is -2.14. The number of hydrogen-bond donors (Lipinski definition) is 0. The number of nitrogens with zero attached hydrogens (tertiary/aromatic N) is 3. The van der Waals surface area contributed by atoms with Crippen LogP contribution in [0.5, 0.6) is 11.5 Å². The lowest BCUT2D eigenvalue weighted by molar-refractivity contribution is 0.268. The molecule has 0 saturated heterocycles. The van der Waals surface area contributed by atoms with Gasteiger partial charge in [-0.15, -0.1) is 0 Å². The van der Waals surface area contributed by atoms with Crippen molar-refractivity contribution in [1.29, 1.82) is 0 Å². The van der Waals surface area contributed by atoms with Gasteiger partial charge in [-0.05, 0) is 36.1 Å². The summed E-state index contributed by atoms with van der Waals surface area (Å²) in [6, 6.07) is 5.46. The van der Waals surface area contributed by atoms with Gasteiger partial charge in [0.15, 0.2) is 11.5 Å². The van der Waals surface area contributed by atoms with Gasteiger partial charge in [-0.25, -0.2) is 0 Å². The van der Waals surface area contributed by atoms with Gasteiger partial charge in [0, 0.05) is 4.91 Å². The minimum atomic E-state index is -0.214. The van der Waals surface area contributed by atoms with Crippen molar-refractivity contribution < 1.29 is 9.47 Å². The van der Waals surface area contributed by atoms with Crippen molar-refractivity contribution in [2.45, 2.75) is 39.7 Å². The Morgan fingerprint density at radius 1 is 1.16 bits per heavy atom. The van der Waals surface area contributed by atoms with Crippen LogP contribution >= 0.6 is 0 Å². The Labute approximate surface area is 114 Å². The summed E-state index contributed by atoms with van der Waals surface area (Å²) >= 11 is 0. The summed E-state index contributed by atoms with van der Waals surface area (Å²) in [5, 5.41) is 3.69. The summed E-state index contributed by atoms with van der Waals surface area (Å²) in [5.74, 6) is 1.46. The van der Waals surface area contributed by atoms with Gasteiger partial charge in [0.05, 0.1) is 19.3 Å². The van der Waals surface area contributed by atoms with Crippen molar-refractivity contribution >= 4 is 0 Å². The monoisotopic (exact) mass is 263 g/mol. The summed E-state index contributed by atoms with van der Waals surface area (Å²) in [4.78, 5) is 2.83. The van der Waals surface area contributed by atoms with E-state index in [1.807, 2.05) is 25.1 Å². The van der Waals surface area contributed by atoms with Crippen LogP contribution in [0.25, 0.3) is 10.4 Å². The SMILES string of the molecule is CCCOc1ccc([C@@H](C)N=[N+]=[N-])cc1OCCC. The van der Waals surface area contributed by atoms with Crippen LogP contribution in [0.1, 0.15) is 45.2 Å². The quantitative estimate of drug-likeness (QED) is 0.389. The fraction of sp³-hybridized carbons (Fsp3) is 0.571. The fourth-order valence-corrected chi connectivity index (χ4v) is 1.58. The molecule has 0 aliphatic rings. The molecule has 0 aliphatic heterocycles. The van der Waals surface area contributed by atoms with Crippen molar-refractivity contribution in [2.75, 3.05) is 13.2 Å². The van der Waals surface area contributed by atoms with E-state index in [1.54, 1.807) is 0 Å². The molecular formula is C14H21N3O2. The first-order valence-electron chi connectivity index (χ1n) is 6.66. The standard InChI is InChI=1S/C14H21N3O2/c1-4-8-18-13-7-6-12(11(3)16-17-15)10-14(13)19-9-5-2/h6-7,10-11H,4-5,8-9H2,1-3H3/t11-/m1/s1. The van der Waals surface area contributed by atoms with E-state index in [0.29, 0.717) is 19.0 Å². The molecule has 104 valence electrons. The molecule has 0 radical (unpaired) electrons. The molecule has 0 unspecified atom stereocenters. The van der Waals surface area contributed by atoms with Gasteiger partial charge in [-0.1, -0.05) is 32.0 Å². The van der Waals surface area contributed by atoms with Gasteiger partial charge in [-0.2, -0.15) is 0 Å². The number of hydrogen-bond acceptors (Lipinski definition) is 3. The Morgan fingerprint density at radius 2 is 1.79 bits per heavy atom. The molecule has 0 aliphatic carbocycles. The molecule has 1 atom stereocenters. The predicted octanol–water partition coefficient (Wildman–Crippen LogP) is 4.64. The van der Waals surface area contributed by atoms with Crippen molar-refractivity contribution in [3.8, 4) is 11.5 Å². The molecule has 5 heteroatoms. The second-order valence-corrected chi connectivity index (χ2v) is 4.28. The zero-order chi connectivity index (χ0) is 14.1. The summed E-state index contributed by atoms with van der Waals surface area (Å²) in [6.07, 6.45) is 1.88. The van der Waals surface area contributed by atoms with Gasteiger partial charge in [-0.3, -0.25) is 0 Å². The first-order chi connectivity index (χ1) is 9.22. The Kier molecular flexibility index (Phi) is 6.61. The Morgan fingerprint density at radius 3 is 2.37 bits per heavy atom. The first-order valence-corrected chi connectivity index (χ1v) is 6.66. The van der Waals surface area contributed by atoms with Gasteiger partial charge in [0.2, 0.25) is 0 Å². The van der Waals surface area contributed by atoms with E-state index in [9.17, 15) is 0 Å². The van der Waals surface area contributed by atoms with Crippen molar-refractivity contribution in [2.24, 2.45) is 5.11 Å². The molecule has 1 aromatic carbocycles. The highest BCUT2D eigenvalue weighted by Gasteiger charge is 2.10. The lowest BCUT2D eigenvalue weighted by Crippen LogP contribution is -2.02. The second-order valence-electron chi connectivity index (χ2n) is 4.28. The number of rotatable bonds is 8. The van der Waals surface area contributed by atoms with Crippen molar-refractivity contribution in [3.63, 3.8) is 0 Å². The molecule has 1 aromatic rings. The second kappa shape index (κ2) is 8.27. The zero-order valence-corrected chi connectivity index (χ0v) is 11.8. The summed E-state index contributed by atoms with van der Waals surface area (Å²) in [6.45, 7) is 7.27. The molecule has 0 N–H and O–H groups in total. The van der Waals surface area contributed by atoms with Gasteiger partial charge < -0.3 is 9.47 Å². The average Bonchev–Trinajstić information content (AvgIpc) is 2.43. The summed E-state index contributed by atoms with van der Waals surface area (Å²) < 4.78 is 11.3. The molecule has 0 amide bonds. The van der Waals surface area contributed by atoms with Crippen LogP contribution < -0.4 is 9.47 Å². The third kappa shape index (κ3) is 4.72. The molecule has 0 saturated carbocycles. The molecular weight excluding hydrogens is 242 g/mol. The molecule has 0 fully saturated rings. The van der Waals surface area contributed by atoms with Crippen LogP contribution in [0.3, 0.4) is 0 Å². The average molecular weight is 263 g/mol. The van der Waals surface area contributed by atoms with E-state index in [0.717, 1.165) is 24.2 Å². The Balaban J connectivity index is 2.95. The van der Waals surface area contributed by atoms with Crippen LogP contribution in [0.15, 0.2) is 23.3 Å². The Hall–Kier alpha value is -1.87. The highest BCUT2D eigenvalue weighted by atomic mass is 16.5. The smallest absolute Gasteiger partial charge is 0.161 e. The molecule has 1 rings (SSSR count). The molecule has 0 heterocycles. The molecule has 5 nitrogen and oxygen atoms in total. The molecule has 0 aromatic heterocycles. The molecule has 0 bridgehead atoms. The maximum atomic E-state index is 8.48. The minimum absolute atomic E-state index is 0.214. The third-order valence-electron chi connectivity index (χ3n) is 2.60. The van der Waals surface area contributed by atoms with Gasteiger partial charge in [0.25, 0.3) is 0 Å². The van der Waals surface area contributed by atoms with E-state index >= 15 is 0 Å². The van der Waals surface area contributed by atoms with E-state index in [2.05, 4.69) is 23.9 Å². The molecule has 0 spiro atoms. The predicted molar refractivity (Wildman–Crippen MR) is 75.6 cm³/mol. The Bertz CT molecular complexity index is 442. The normalized spacial score (nSPS) is 11.5. The summed E-state index contributed by atoms with van der Waals surface area (Å²) in [7, 11) is 0. The van der Waals surface area contributed by atoms with Crippen molar-refractivity contribution in [1.82, 2.24) is 0 Å². The van der Waals surface area contributed by atoms with Crippen LogP contribution in [-0.4, -0.2) is 13.2 Å². The maximum Gasteiger partial charge on any atom is 0.161 e. The fourth-order valence-electron chi connectivity index (χ4n) is 1.58. The minimum Gasteiger partial charge on any atom is -0.490 e. The third-order valence-corrected chi connectivity index (χ3v) is 2.60. The number of benzene rings is 1. The topological polar surface area (TPSA) is 67.2 Å². The van der Waals surface area contributed by atoms with Crippen LogP contribution in [0.2, 0.25) is 0 Å². The lowest BCUT2D eigenvalue weighted by atomic mass is 10.1. The van der Waals surface area contributed by atoms with Gasteiger partial charge >= 0.3 is 0 Å². The maximum absolute atomic E-state index is 8.48. The first kappa shape index (κ1) is 15.2. The number of azide groups is 1. The van der Waals surface area contributed by atoms with Gasteiger partial charge in [0.1, 0.15) is 0 Å². The number of ether oxygens (including phenoxy) is 2. The van der Waals surface area contributed by atoms with Crippen LogP contribution in [0.4, 0.5) is 0 Å². The zero-order valence-electron chi connectivity index (χ0n) is 11.8. The van der Waals surface area contributed by atoms with E-state index in [4.69, 9.17) is 15.0 Å². The van der Waals surface area contributed by atoms with E-state index in [1.165, 1.54) is 0 Å². The van der Waals surface area contributed by atoms with Crippen molar-refractivity contribution in [3.05, 3.63) is 34.2 Å². The largest absolute Gasteiger partial charge is 0.490 e. The van der Waals surface area contributed by atoms with E-state index in [-0.39, 0.29) is 6.04 Å². The highest BCUT2D eigenvalue weighted by Crippen LogP contribution is 2.32. The van der Waals surface area contributed by atoms with Crippen LogP contribution in [0, 0.1) is 0 Å². The van der Waals surface area contributed by atoms with Crippen LogP contribution in [-0.2, 0) is 0 Å². The summed E-state index contributed by atoms with van der Waals surface area (Å²) in [5.41, 5.74) is 9.41. The highest BCUT2D eigenvalue weighted by molar-refractivity contribution is 5.43.